The summed E-state index contributed by atoms with van der Waals surface area (Å²) >= 11 is 0. The number of aromatic nitrogens is 3. The number of carbonyl (C=O) groups excluding carboxylic acids is 1. The van der Waals surface area contributed by atoms with E-state index in [1.807, 2.05) is 25.1 Å². The number of amides is 1. The van der Waals surface area contributed by atoms with Crippen molar-refractivity contribution in [3.8, 4) is 5.75 Å². The number of nitrogens with zero attached hydrogens (tertiary/aromatic N) is 3. The minimum Gasteiger partial charge on any atom is -0.484 e. The molecule has 0 saturated heterocycles. The van der Waals surface area contributed by atoms with Crippen molar-refractivity contribution in [1.82, 2.24) is 19.9 Å². The Morgan fingerprint density at radius 2 is 2.04 bits per heavy atom. The highest BCUT2D eigenvalue weighted by atomic mass is 19.4. The Bertz CT molecular complexity index is 953. The molecule has 3 rings (SSSR count). The molecule has 0 aliphatic heterocycles. The van der Waals surface area contributed by atoms with Crippen LogP contribution in [0.4, 0.5) is 13.2 Å². The summed E-state index contributed by atoms with van der Waals surface area (Å²) in [4.78, 5) is 12.0. The van der Waals surface area contributed by atoms with E-state index >= 15 is 0 Å². The summed E-state index contributed by atoms with van der Waals surface area (Å²) < 4.78 is 45.2. The summed E-state index contributed by atoms with van der Waals surface area (Å²) in [5.41, 5.74) is 0.532. The molecule has 0 spiro atoms. The Morgan fingerprint density at radius 1 is 1.22 bits per heavy atom. The number of alkyl halides is 3. The van der Waals surface area contributed by atoms with E-state index in [2.05, 4.69) is 15.5 Å². The lowest BCUT2D eigenvalue weighted by Gasteiger charge is -2.09. The third kappa shape index (κ3) is 4.55. The number of pyridine rings is 1. The van der Waals surface area contributed by atoms with Gasteiger partial charge < -0.3 is 10.1 Å². The molecule has 0 bridgehead atoms. The zero-order valence-corrected chi connectivity index (χ0v) is 14.5. The van der Waals surface area contributed by atoms with Gasteiger partial charge in [-0.05, 0) is 36.2 Å². The molecule has 6 nitrogen and oxygen atoms in total. The third-order valence-corrected chi connectivity index (χ3v) is 3.92. The fourth-order valence-corrected chi connectivity index (χ4v) is 2.46. The van der Waals surface area contributed by atoms with Crippen molar-refractivity contribution in [2.75, 3.05) is 6.61 Å². The van der Waals surface area contributed by atoms with Crippen LogP contribution in [0.2, 0.25) is 0 Å². The van der Waals surface area contributed by atoms with Crippen LogP contribution < -0.4 is 10.1 Å². The molecule has 0 aliphatic rings. The Hall–Kier alpha value is -3.10. The summed E-state index contributed by atoms with van der Waals surface area (Å²) in [6.45, 7) is 1.73. The van der Waals surface area contributed by atoms with E-state index in [1.54, 1.807) is 6.07 Å². The van der Waals surface area contributed by atoms with Crippen LogP contribution in [0.25, 0.3) is 5.65 Å². The fraction of sp³-hybridized carbons (Fsp3) is 0.278. The number of hydrogen-bond acceptors (Lipinski definition) is 4. The van der Waals surface area contributed by atoms with E-state index < -0.39 is 17.6 Å². The number of aryl methyl sites for hydroxylation is 1. The number of halogens is 3. The number of ether oxygens (including phenoxy) is 1. The molecule has 0 aliphatic carbocycles. The van der Waals surface area contributed by atoms with Gasteiger partial charge in [-0.2, -0.15) is 13.2 Å². The second-order valence-electron chi connectivity index (χ2n) is 5.83. The van der Waals surface area contributed by atoms with Gasteiger partial charge in [0, 0.05) is 6.20 Å². The van der Waals surface area contributed by atoms with E-state index in [0.29, 0.717) is 5.75 Å². The molecule has 0 atom stereocenters. The Morgan fingerprint density at radius 3 is 2.78 bits per heavy atom. The van der Waals surface area contributed by atoms with E-state index in [9.17, 15) is 18.0 Å². The second-order valence-corrected chi connectivity index (χ2v) is 5.83. The molecule has 0 radical (unpaired) electrons. The minimum atomic E-state index is -4.47. The van der Waals surface area contributed by atoms with Gasteiger partial charge in [-0.3, -0.25) is 9.20 Å². The van der Waals surface area contributed by atoms with Crippen molar-refractivity contribution in [3.05, 3.63) is 59.5 Å². The van der Waals surface area contributed by atoms with Crippen LogP contribution in [0.15, 0.2) is 42.6 Å². The Balaban J connectivity index is 1.61. The summed E-state index contributed by atoms with van der Waals surface area (Å²) in [6, 6.07) is 9.55. The molecule has 2 heterocycles. The lowest BCUT2D eigenvalue weighted by Crippen LogP contribution is -2.29. The first-order valence-corrected chi connectivity index (χ1v) is 8.26. The number of rotatable bonds is 6. The van der Waals surface area contributed by atoms with Gasteiger partial charge in [-0.25, -0.2) is 0 Å². The first-order chi connectivity index (χ1) is 12.9. The van der Waals surface area contributed by atoms with Gasteiger partial charge in [0.05, 0.1) is 12.1 Å². The highest BCUT2D eigenvalue weighted by Gasteiger charge is 2.31. The monoisotopic (exact) mass is 378 g/mol. The average molecular weight is 378 g/mol. The summed E-state index contributed by atoms with van der Waals surface area (Å²) in [7, 11) is 0. The average Bonchev–Trinajstić information content (AvgIpc) is 3.06. The van der Waals surface area contributed by atoms with Crippen LogP contribution in [-0.2, 0) is 23.9 Å². The van der Waals surface area contributed by atoms with E-state index in [4.69, 9.17) is 4.74 Å². The van der Waals surface area contributed by atoms with Crippen LogP contribution in [0.3, 0.4) is 0 Å². The molecule has 142 valence electrons. The molecular formula is C18H17F3N4O2. The molecule has 9 heteroatoms. The highest BCUT2D eigenvalue weighted by molar-refractivity contribution is 5.77. The number of nitrogens with one attached hydrogen (secondary N) is 1. The zero-order chi connectivity index (χ0) is 19.4. The molecule has 1 amide bonds. The molecule has 27 heavy (non-hydrogen) atoms. The number of carbonyl (C=O) groups is 1. The van der Waals surface area contributed by atoms with Crippen molar-refractivity contribution in [2.24, 2.45) is 0 Å². The molecule has 0 unspecified atom stereocenters. The van der Waals surface area contributed by atoms with Crippen LogP contribution in [0.1, 0.15) is 23.9 Å². The zero-order valence-electron chi connectivity index (χ0n) is 14.5. The highest BCUT2D eigenvalue weighted by Crippen LogP contribution is 2.29. The molecular weight excluding hydrogens is 361 g/mol. The van der Waals surface area contributed by atoms with Crippen LogP contribution in [-0.4, -0.2) is 27.1 Å². The van der Waals surface area contributed by atoms with Gasteiger partial charge in [-0.15, -0.1) is 10.2 Å². The lowest BCUT2D eigenvalue weighted by atomic mass is 10.2. The molecule has 2 aromatic heterocycles. The van der Waals surface area contributed by atoms with Crippen molar-refractivity contribution in [1.29, 1.82) is 0 Å². The summed E-state index contributed by atoms with van der Waals surface area (Å²) in [6.07, 6.45) is -2.72. The maximum atomic E-state index is 12.8. The van der Waals surface area contributed by atoms with Crippen molar-refractivity contribution < 1.29 is 22.7 Å². The van der Waals surface area contributed by atoms with E-state index in [0.717, 1.165) is 24.2 Å². The quantitative estimate of drug-likeness (QED) is 0.716. The van der Waals surface area contributed by atoms with Gasteiger partial charge >= 0.3 is 6.18 Å². The minimum absolute atomic E-state index is 0.0698. The topological polar surface area (TPSA) is 68.5 Å². The summed E-state index contributed by atoms with van der Waals surface area (Å²) in [5.74, 6) is 0.352. The molecule has 0 fully saturated rings. The van der Waals surface area contributed by atoms with Gasteiger partial charge in [0.2, 0.25) is 0 Å². The van der Waals surface area contributed by atoms with Gasteiger partial charge in [-0.1, -0.05) is 19.1 Å². The number of hydrogen-bond donors (Lipinski definition) is 1. The van der Waals surface area contributed by atoms with Gasteiger partial charge in [0.15, 0.2) is 18.1 Å². The normalized spacial score (nSPS) is 11.6. The first kappa shape index (κ1) is 18.7. The Labute approximate surface area is 153 Å². The summed E-state index contributed by atoms with van der Waals surface area (Å²) in [5, 5.41) is 10.2. The first-order valence-electron chi connectivity index (χ1n) is 8.26. The maximum absolute atomic E-state index is 12.8. The van der Waals surface area contributed by atoms with Gasteiger partial charge in [0.1, 0.15) is 5.75 Å². The van der Waals surface area contributed by atoms with Crippen molar-refractivity contribution in [3.63, 3.8) is 0 Å². The predicted octanol–water partition coefficient (Wildman–Crippen LogP) is 3.01. The molecule has 1 N–H and O–H groups in total. The van der Waals surface area contributed by atoms with Crippen LogP contribution >= 0.6 is 0 Å². The van der Waals surface area contributed by atoms with Crippen LogP contribution in [0, 0.1) is 0 Å². The van der Waals surface area contributed by atoms with E-state index in [1.165, 1.54) is 10.5 Å². The molecule has 0 saturated carbocycles. The largest absolute Gasteiger partial charge is 0.484 e. The molecule has 3 aromatic rings. The molecule has 1 aromatic carbocycles. The second kappa shape index (κ2) is 7.65. The SMILES string of the molecule is CCc1cccc(OCC(=O)NCc2nnc3ccc(C(F)(F)F)cn23)c1. The fourth-order valence-electron chi connectivity index (χ4n) is 2.46. The van der Waals surface area contributed by atoms with Crippen LogP contribution in [0.5, 0.6) is 5.75 Å². The lowest BCUT2D eigenvalue weighted by molar-refractivity contribution is -0.137. The smallest absolute Gasteiger partial charge is 0.417 e. The number of benzene rings is 1. The van der Waals surface area contributed by atoms with Crippen molar-refractivity contribution in [2.45, 2.75) is 26.1 Å². The standard InChI is InChI=1S/C18H17F3N4O2/c1-2-12-4-3-5-14(8-12)27-11-17(26)22-9-16-24-23-15-7-6-13(10-25(15)16)18(19,20)21/h3-8,10H,2,9,11H2,1H3,(H,22,26). The van der Waals surface area contributed by atoms with Gasteiger partial charge in [0.25, 0.3) is 5.91 Å². The van der Waals surface area contributed by atoms with Crippen molar-refractivity contribution >= 4 is 11.6 Å². The Kier molecular flexibility index (Phi) is 5.29. The maximum Gasteiger partial charge on any atom is 0.417 e. The third-order valence-electron chi connectivity index (χ3n) is 3.92. The van der Waals surface area contributed by atoms with E-state index in [-0.39, 0.29) is 24.6 Å². The number of fused-ring (bicyclic) bond motifs is 1. The predicted molar refractivity (Wildman–Crippen MR) is 91.2 cm³/mol.